The van der Waals surface area contributed by atoms with E-state index in [9.17, 15) is 8.42 Å². The molecule has 3 rings (SSSR count). The Bertz CT molecular complexity index is 690. The summed E-state index contributed by atoms with van der Waals surface area (Å²) in [7, 11) is -1.73. The van der Waals surface area contributed by atoms with Crippen LogP contribution in [0.3, 0.4) is 0 Å². The zero-order valence-electron chi connectivity index (χ0n) is 15.8. The standard InChI is InChI=1S/C18H32N4O2S/c1-14-18(15(2)21(3)19-14)25(23,24)20-16-9-8-12-22(13-16)17-10-6-4-5-7-11-17/h16-17,20H,4-13H2,1-3H3/t16-/m1/s1. The molecule has 1 saturated carbocycles. The van der Waals surface area contributed by atoms with Crippen LogP contribution in [0.15, 0.2) is 4.90 Å². The van der Waals surface area contributed by atoms with Gasteiger partial charge < -0.3 is 0 Å². The summed E-state index contributed by atoms with van der Waals surface area (Å²) in [6, 6.07) is 0.637. The van der Waals surface area contributed by atoms with Crippen molar-refractivity contribution in [1.82, 2.24) is 19.4 Å². The average molecular weight is 369 g/mol. The first-order valence-electron chi connectivity index (χ1n) is 9.65. The van der Waals surface area contributed by atoms with Crippen LogP contribution in [-0.2, 0) is 17.1 Å². The summed E-state index contributed by atoms with van der Waals surface area (Å²) in [6.07, 6.45) is 9.83. The van der Waals surface area contributed by atoms with E-state index in [1.807, 2.05) is 6.92 Å². The topological polar surface area (TPSA) is 67.2 Å². The van der Waals surface area contributed by atoms with Crippen LogP contribution in [0.4, 0.5) is 0 Å². The number of nitrogens with zero attached hydrogens (tertiary/aromatic N) is 3. The lowest BCUT2D eigenvalue weighted by molar-refractivity contribution is 0.132. The largest absolute Gasteiger partial charge is 0.299 e. The molecule has 0 amide bonds. The second kappa shape index (κ2) is 7.76. The number of piperidine rings is 1. The summed E-state index contributed by atoms with van der Waals surface area (Å²) in [6.45, 7) is 5.52. The zero-order chi connectivity index (χ0) is 18.0. The van der Waals surface area contributed by atoms with Crippen LogP contribution in [0.2, 0.25) is 0 Å². The van der Waals surface area contributed by atoms with E-state index in [2.05, 4.69) is 14.7 Å². The van der Waals surface area contributed by atoms with Gasteiger partial charge in [-0.2, -0.15) is 5.10 Å². The van der Waals surface area contributed by atoms with Crippen molar-refractivity contribution >= 4 is 10.0 Å². The Balaban J connectivity index is 1.69. The number of hydrogen-bond donors (Lipinski definition) is 1. The van der Waals surface area contributed by atoms with E-state index in [-0.39, 0.29) is 6.04 Å². The van der Waals surface area contributed by atoms with E-state index < -0.39 is 10.0 Å². The Morgan fingerprint density at radius 3 is 2.32 bits per heavy atom. The predicted octanol–water partition coefficient (Wildman–Crippen LogP) is 2.50. The Labute approximate surface area is 152 Å². The van der Waals surface area contributed by atoms with Crippen molar-refractivity contribution in [1.29, 1.82) is 0 Å². The van der Waals surface area contributed by atoms with Gasteiger partial charge in [-0.05, 0) is 46.1 Å². The first kappa shape index (κ1) is 18.9. The molecule has 1 aromatic heterocycles. The molecule has 0 aromatic carbocycles. The second-order valence-corrected chi connectivity index (χ2v) is 9.38. The van der Waals surface area contributed by atoms with Gasteiger partial charge in [0.2, 0.25) is 10.0 Å². The molecule has 0 radical (unpaired) electrons. The first-order valence-corrected chi connectivity index (χ1v) is 11.1. The number of likely N-dealkylation sites (tertiary alicyclic amines) is 1. The third kappa shape index (κ3) is 4.26. The highest BCUT2D eigenvalue weighted by molar-refractivity contribution is 7.89. The minimum absolute atomic E-state index is 0.000934. The highest BCUT2D eigenvalue weighted by Crippen LogP contribution is 2.26. The minimum Gasteiger partial charge on any atom is -0.299 e. The molecule has 25 heavy (non-hydrogen) atoms. The van der Waals surface area contributed by atoms with Gasteiger partial charge in [-0.1, -0.05) is 25.7 Å². The Hall–Kier alpha value is -0.920. The monoisotopic (exact) mass is 368 g/mol. The molecule has 2 heterocycles. The molecule has 1 aromatic rings. The highest BCUT2D eigenvalue weighted by atomic mass is 32.2. The Morgan fingerprint density at radius 1 is 1.04 bits per heavy atom. The Kier molecular flexibility index (Phi) is 5.85. The lowest BCUT2D eigenvalue weighted by Gasteiger charge is -2.38. The molecule has 1 N–H and O–H groups in total. The van der Waals surface area contributed by atoms with Crippen molar-refractivity contribution in [3.63, 3.8) is 0 Å². The number of sulfonamides is 1. The van der Waals surface area contributed by atoms with Gasteiger partial charge in [0.15, 0.2) is 0 Å². The van der Waals surface area contributed by atoms with Crippen LogP contribution in [0.5, 0.6) is 0 Å². The summed E-state index contributed by atoms with van der Waals surface area (Å²) in [5.74, 6) is 0. The van der Waals surface area contributed by atoms with Gasteiger partial charge in [-0.3, -0.25) is 9.58 Å². The zero-order valence-corrected chi connectivity index (χ0v) is 16.6. The van der Waals surface area contributed by atoms with E-state index in [4.69, 9.17) is 0 Å². The fraction of sp³-hybridized carbons (Fsp3) is 0.833. The average Bonchev–Trinajstić information content (AvgIpc) is 2.74. The van der Waals surface area contributed by atoms with Gasteiger partial charge in [0.05, 0.1) is 11.4 Å². The predicted molar refractivity (Wildman–Crippen MR) is 99.1 cm³/mol. The molecule has 2 aliphatic rings. The molecule has 7 heteroatoms. The van der Waals surface area contributed by atoms with Gasteiger partial charge in [0.25, 0.3) is 0 Å². The fourth-order valence-corrected chi connectivity index (χ4v) is 6.18. The summed E-state index contributed by atoms with van der Waals surface area (Å²) in [4.78, 5) is 2.88. The highest BCUT2D eigenvalue weighted by Gasteiger charge is 2.31. The molecule has 1 aliphatic heterocycles. The van der Waals surface area contributed by atoms with E-state index in [1.165, 1.54) is 38.5 Å². The number of nitrogens with one attached hydrogen (secondary N) is 1. The normalized spacial score (nSPS) is 24.4. The number of aryl methyl sites for hydroxylation is 2. The smallest absolute Gasteiger partial charge is 0.244 e. The third-order valence-corrected chi connectivity index (χ3v) is 7.60. The van der Waals surface area contributed by atoms with Crippen molar-refractivity contribution < 1.29 is 8.42 Å². The molecule has 1 aliphatic carbocycles. The molecule has 142 valence electrons. The van der Waals surface area contributed by atoms with Crippen LogP contribution in [0, 0.1) is 13.8 Å². The van der Waals surface area contributed by atoms with Crippen molar-refractivity contribution in [3.8, 4) is 0 Å². The number of rotatable bonds is 4. The molecule has 0 unspecified atom stereocenters. The van der Waals surface area contributed by atoms with Crippen molar-refractivity contribution in [2.24, 2.45) is 7.05 Å². The van der Waals surface area contributed by atoms with E-state index in [0.29, 0.717) is 22.3 Å². The maximum atomic E-state index is 12.9. The molecule has 0 bridgehead atoms. The summed E-state index contributed by atoms with van der Waals surface area (Å²) in [5.41, 5.74) is 1.27. The summed E-state index contributed by atoms with van der Waals surface area (Å²) >= 11 is 0. The Morgan fingerprint density at radius 2 is 1.72 bits per heavy atom. The molecule has 1 atom stereocenters. The third-order valence-electron chi connectivity index (χ3n) is 5.83. The van der Waals surface area contributed by atoms with Crippen molar-refractivity contribution in [2.75, 3.05) is 13.1 Å². The van der Waals surface area contributed by atoms with E-state index in [1.54, 1.807) is 18.7 Å². The van der Waals surface area contributed by atoms with Gasteiger partial charge >= 0.3 is 0 Å². The molecular weight excluding hydrogens is 336 g/mol. The maximum absolute atomic E-state index is 12.9. The summed E-state index contributed by atoms with van der Waals surface area (Å²) < 4.78 is 30.4. The molecule has 1 saturated heterocycles. The van der Waals surface area contributed by atoms with Crippen LogP contribution >= 0.6 is 0 Å². The van der Waals surface area contributed by atoms with Crippen LogP contribution in [0.25, 0.3) is 0 Å². The number of hydrogen-bond acceptors (Lipinski definition) is 4. The van der Waals surface area contributed by atoms with Crippen molar-refractivity contribution in [2.45, 2.75) is 82.2 Å². The van der Waals surface area contributed by atoms with E-state index in [0.717, 1.165) is 25.9 Å². The lowest BCUT2D eigenvalue weighted by atomic mass is 10.0. The van der Waals surface area contributed by atoms with Gasteiger partial charge in [-0.25, -0.2) is 13.1 Å². The van der Waals surface area contributed by atoms with Gasteiger partial charge in [0.1, 0.15) is 4.90 Å². The SMILES string of the molecule is Cc1nn(C)c(C)c1S(=O)(=O)N[C@@H]1CCCN(C2CCCCCC2)C1. The summed E-state index contributed by atoms with van der Waals surface area (Å²) in [5, 5.41) is 4.26. The minimum atomic E-state index is -3.52. The lowest BCUT2D eigenvalue weighted by Crippen LogP contribution is -2.50. The maximum Gasteiger partial charge on any atom is 0.244 e. The second-order valence-electron chi connectivity index (χ2n) is 7.72. The molecule has 2 fully saturated rings. The quantitative estimate of drug-likeness (QED) is 0.829. The van der Waals surface area contributed by atoms with Crippen LogP contribution in [0.1, 0.15) is 62.8 Å². The first-order chi connectivity index (χ1) is 11.9. The van der Waals surface area contributed by atoms with Gasteiger partial charge in [-0.15, -0.1) is 0 Å². The van der Waals surface area contributed by atoms with Crippen LogP contribution in [-0.4, -0.2) is 48.3 Å². The van der Waals surface area contributed by atoms with Crippen molar-refractivity contribution in [3.05, 3.63) is 11.4 Å². The van der Waals surface area contributed by atoms with Crippen LogP contribution < -0.4 is 4.72 Å². The van der Waals surface area contributed by atoms with E-state index >= 15 is 0 Å². The molecular formula is C18H32N4O2S. The molecule has 6 nitrogen and oxygen atoms in total. The fourth-order valence-electron chi connectivity index (χ4n) is 4.48. The molecule has 0 spiro atoms. The van der Waals surface area contributed by atoms with Gasteiger partial charge in [0, 0.05) is 25.7 Å². The number of aromatic nitrogens is 2.